The van der Waals surface area contributed by atoms with Gasteiger partial charge in [-0.3, -0.25) is 4.79 Å². The van der Waals surface area contributed by atoms with Gasteiger partial charge < -0.3 is 124 Å². The predicted molar refractivity (Wildman–Crippen MR) is 206 cm³/mol. The Morgan fingerprint density at radius 3 is 1.55 bits per heavy atom. The number of hydrogen-bond donors (Lipinski definition) is 16. The average Bonchev–Trinajstić information content (AvgIpc) is 3.27. The quantitative estimate of drug-likeness (QED) is 0.0797. The Bertz CT molecular complexity index is 2180. The van der Waals surface area contributed by atoms with Crippen molar-refractivity contribution in [2.45, 2.75) is 137 Å². The molecule has 4 saturated heterocycles. The van der Waals surface area contributed by atoms with Crippen LogP contribution in [-0.2, 0) is 28.4 Å². The third-order valence-electron chi connectivity index (χ3n) is 11.6. The van der Waals surface area contributed by atoms with Crippen LogP contribution in [-0.4, -0.2) is 218 Å². The Morgan fingerprint density at radius 2 is 0.985 bits per heavy atom. The molecule has 4 aliphatic rings. The molecule has 0 amide bonds. The summed E-state index contributed by atoms with van der Waals surface area (Å²) in [6.07, 6.45) is -35.3. The Balaban J connectivity index is 1.29. The maximum absolute atomic E-state index is 14.5. The molecule has 1 aromatic heterocycles. The number of aromatic hydroxyl groups is 4. The monoisotopic (exact) mass is 934 g/mol. The zero-order valence-electron chi connectivity index (χ0n) is 34.0. The van der Waals surface area contributed by atoms with Crippen molar-refractivity contribution >= 4 is 11.0 Å². The lowest BCUT2D eigenvalue weighted by Crippen LogP contribution is -2.64. The van der Waals surface area contributed by atoms with Crippen LogP contribution in [0.3, 0.4) is 0 Å². The summed E-state index contributed by atoms with van der Waals surface area (Å²) < 4.78 is 51.6. The number of benzene rings is 2. The zero-order chi connectivity index (χ0) is 47.5. The van der Waals surface area contributed by atoms with Crippen LogP contribution in [0.25, 0.3) is 22.3 Å². The first-order valence-corrected chi connectivity index (χ1v) is 20.0. The number of aliphatic hydroxyl groups excluding tert-OH is 12. The van der Waals surface area contributed by atoms with Crippen molar-refractivity contribution in [1.82, 2.24) is 0 Å². The van der Waals surface area contributed by atoms with E-state index in [-0.39, 0.29) is 0 Å². The van der Waals surface area contributed by atoms with E-state index in [0.717, 1.165) is 24.3 Å². The van der Waals surface area contributed by atoms with Crippen molar-refractivity contribution < 1.29 is 124 Å². The SMILES string of the molecule is C[C@@H]1O[C@@H](O[C@@H]2[C@H](Oc3cc(O)c4c(=O)c(O[C@@H]5O[C@@H](C)[C@H](O)[C@@H](O)[C@@H]5O[C@@H]5O[C@@H](CO)[C@@H](O)[C@H](O)[C@H]5O)c(-c5cc(O)c(O)c(O)c5)oc4c3)O[C@@H](CO)[C@@H](O)[C@@H]2O)[C@@H](O)[C@H](O)[C@H]1O. The van der Waals surface area contributed by atoms with E-state index in [0.29, 0.717) is 0 Å². The second-order valence-electron chi connectivity index (χ2n) is 16.0. The molecule has 65 heavy (non-hydrogen) atoms. The van der Waals surface area contributed by atoms with Gasteiger partial charge in [0.25, 0.3) is 0 Å². The number of phenolic OH excluding ortho intramolecular Hbond substituents is 4. The van der Waals surface area contributed by atoms with Crippen LogP contribution in [0, 0.1) is 0 Å². The maximum Gasteiger partial charge on any atom is 0.239 e. The number of rotatable bonds is 11. The lowest BCUT2D eigenvalue weighted by atomic mass is 9.97. The van der Waals surface area contributed by atoms with Gasteiger partial charge in [0, 0.05) is 17.7 Å². The first-order chi connectivity index (χ1) is 30.7. The van der Waals surface area contributed by atoms with Crippen LogP contribution in [0.4, 0.5) is 0 Å². The summed E-state index contributed by atoms with van der Waals surface area (Å²) in [4.78, 5) is 14.5. The van der Waals surface area contributed by atoms with E-state index in [1.807, 2.05) is 0 Å². The lowest BCUT2D eigenvalue weighted by Gasteiger charge is -2.45. The van der Waals surface area contributed by atoms with Crippen LogP contribution in [0.5, 0.6) is 34.5 Å². The van der Waals surface area contributed by atoms with Crippen LogP contribution in [0.15, 0.2) is 33.5 Å². The van der Waals surface area contributed by atoms with Gasteiger partial charge in [0.15, 0.2) is 47.8 Å². The number of aliphatic hydroxyl groups is 12. The third kappa shape index (κ3) is 9.12. The van der Waals surface area contributed by atoms with E-state index < -0.39 is 198 Å². The van der Waals surface area contributed by atoms with E-state index >= 15 is 0 Å². The largest absolute Gasteiger partial charge is 0.507 e. The number of hydrogen-bond acceptors (Lipinski definition) is 26. The fourth-order valence-electron chi connectivity index (χ4n) is 7.76. The van der Waals surface area contributed by atoms with E-state index in [2.05, 4.69) is 0 Å². The minimum Gasteiger partial charge on any atom is -0.507 e. The molecular formula is C39H50O26. The van der Waals surface area contributed by atoms with E-state index in [4.69, 9.17) is 42.3 Å². The molecule has 0 aliphatic carbocycles. The molecule has 16 N–H and O–H groups in total. The van der Waals surface area contributed by atoms with E-state index in [1.54, 1.807) is 0 Å². The third-order valence-corrected chi connectivity index (χ3v) is 11.6. The first kappa shape index (κ1) is 48.7. The van der Waals surface area contributed by atoms with Gasteiger partial charge in [0.2, 0.25) is 23.8 Å². The van der Waals surface area contributed by atoms with Crippen molar-refractivity contribution in [3.05, 3.63) is 34.5 Å². The molecule has 0 radical (unpaired) electrons. The zero-order valence-corrected chi connectivity index (χ0v) is 34.0. The van der Waals surface area contributed by atoms with Gasteiger partial charge in [-0.25, -0.2) is 0 Å². The molecule has 0 saturated carbocycles. The summed E-state index contributed by atoms with van der Waals surface area (Å²) >= 11 is 0. The second-order valence-corrected chi connectivity index (χ2v) is 16.0. The highest BCUT2D eigenvalue weighted by molar-refractivity contribution is 5.88. The topological polar surface area (TPSA) is 428 Å². The van der Waals surface area contributed by atoms with Crippen molar-refractivity contribution in [2.24, 2.45) is 0 Å². The molecule has 0 bridgehead atoms. The molecule has 4 aliphatic heterocycles. The van der Waals surface area contributed by atoms with Gasteiger partial charge in [0.1, 0.15) is 95.7 Å². The van der Waals surface area contributed by atoms with Crippen LogP contribution in [0.2, 0.25) is 0 Å². The smallest absolute Gasteiger partial charge is 0.239 e. The Labute approximate surface area is 364 Å². The molecule has 26 heteroatoms. The normalized spacial score (nSPS) is 40.2. The highest BCUT2D eigenvalue weighted by Gasteiger charge is 2.53. The number of fused-ring (bicyclic) bond motifs is 1. The van der Waals surface area contributed by atoms with Gasteiger partial charge in [-0.15, -0.1) is 0 Å². The highest BCUT2D eigenvalue weighted by Crippen LogP contribution is 2.44. The molecule has 4 fully saturated rings. The maximum atomic E-state index is 14.5. The molecule has 5 heterocycles. The Hall–Kier alpha value is -4.27. The minimum absolute atomic E-state index is 0.395. The van der Waals surface area contributed by atoms with Crippen LogP contribution < -0.4 is 14.9 Å². The van der Waals surface area contributed by atoms with Crippen molar-refractivity contribution in [3.63, 3.8) is 0 Å². The molecule has 0 spiro atoms. The van der Waals surface area contributed by atoms with Gasteiger partial charge in [-0.1, -0.05) is 0 Å². The summed E-state index contributed by atoms with van der Waals surface area (Å²) in [5.74, 6) is -5.83. The number of ether oxygens (including phenoxy) is 8. The molecule has 7 rings (SSSR count). The predicted octanol–water partition coefficient (Wildman–Crippen LogP) is -5.66. The van der Waals surface area contributed by atoms with E-state index in [1.165, 1.54) is 13.8 Å². The van der Waals surface area contributed by atoms with Crippen molar-refractivity contribution in [3.8, 4) is 45.8 Å². The van der Waals surface area contributed by atoms with E-state index in [9.17, 15) is 86.5 Å². The van der Waals surface area contributed by atoms with Gasteiger partial charge >= 0.3 is 0 Å². The van der Waals surface area contributed by atoms with Gasteiger partial charge in [-0.05, 0) is 26.0 Å². The van der Waals surface area contributed by atoms with Crippen LogP contribution in [0.1, 0.15) is 13.8 Å². The van der Waals surface area contributed by atoms with Crippen molar-refractivity contribution in [1.29, 1.82) is 0 Å². The summed E-state index contributed by atoms with van der Waals surface area (Å²) in [7, 11) is 0. The molecule has 26 nitrogen and oxygen atoms in total. The van der Waals surface area contributed by atoms with Crippen LogP contribution >= 0.6 is 0 Å². The summed E-state index contributed by atoms with van der Waals surface area (Å²) in [5.41, 5.74) is -2.19. The molecule has 0 unspecified atom stereocenters. The second kappa shape index (κ2) is 19.1. The lowest BCUT2D eigenvalue weighted by molar-refractivity contribution is -0.355. The van der Waals surface area contributed by atoms with Crippen molar-refractivity contribution in [2.75, 3.05) is 13.2 Å². The number of phenols is 4. The Morgan fingerprint density at radius 1 is 0.523 bits per heavy atom. The highest BCUT2D eigenvalue weighted by atomic mass is 16.8. The fraction of sp³-hybridized carbons (Fsp3) is 0.615. The fourth-order valence-corrected chi connectivity index (χ4v) is 7.76. The summed E-state index contributed by atoms with van der Waals surface area (Å²) in [5, 5.41) is 167. The average molecular weight is 935 g/mol. The van der Waals surface area contributed by atoms with Gasteiger partial charge in [-0.2, -0.15) is 0 Å². The minimum atomic E-state index is -2.03. The van der Waals surface area contributed by atoms with Gasteiger partial charge in [0.05, 0.1) is 25.4 Å². The molecular weight excluding hydrogens is 884 g/mol. The standard InChI is InChI=1S/C39H50O26/c1-9-20(45)26(51)30(55)36(57-9)64-35-29(54)24(49)18(8-41)62-39(35)59-12-5-13(42)19-16(6-12)60-32(11-3-14(43)22(47)15(44)4-11)33(25(19)50)63-38-34(28(53)21(46)10(2)58-38)65-37-31(56)27(52)23(48)17(7-40)61-37/h3-6,9-10,17-18,20-21,23-24,26-31,34-49,51-56H,7-8H2,1-2H3/t9-,10-,17-,18-,20-,21-,23+,24+,26+,27-,28+,29-,30-,31+,34-,35-,36-,37-,38-,39+/m0/s1. The summed E-state index contributed by atoms with van der Waals surface area (Å²) in [6, 6.07) is 3.45. The first-order valence-electron chi connectivity index (χ1n) is 20.0. The molecule has 3 aromatic rings. The summed E-state index contributed by atoms with van der Waals surface area (Å²) in [6.45, 7) is 0.885. The molecule has 2 aromatic carbocycles. The Kier molecular flexibility index (Phi) is 14.3. The molecule has 362 valence electrons. The molecule has 20 atom stereocenters.